The Labute approximate surface area is 146 Å². The van der Waals surface area contributed by atoms with Gasteiger partial charge in [-0.2, -0.15) is 0 Å². The van der Waals surface area contributed by atoms with Gasteiger partial charge >= 0.3 is 0 Å². The van der Waals surface area contributed by atoms with Gasteiger partial charge in [-0.05, 0) is 41.8 Å². The molecule has 23 heavy (non-hydrogen) atoms. The number of ether oxygens (including phenoxy) is 1. The molecule has 110 valence electrons. The zero-order valence-electron chi connectivity index (χ0n) is 11.9. The molecule has 3 nitrogen and oxygen atoms in total. The maximum absolute atomic E-state index is 6.08. The molecule has 0 fully saturated rings. The first kappa shape index (κ1) is 13.1. The van der Waals surface area contributed by atoms with E-state index in [2.05, 4.69) is 12.1 Å². The Bertz CT molecular complexity index is 1090. The van der Waals surface area contributed by atoms with E-state index in [1.54, 1.807) is 0 Å². The second-order valence-corrected chi connectivity index (χ2v) is 5.93. The quantitative estimate of drug-likeness (QED) is 0.255. The average Bonchev–Trinajstić information content (AvgIpc) is 2.61. The van der Waals surface area contributed by atoms with Crippen LogP contribution in [0.4, 0.5) is 0 Å². The monoisotopic (exact) mass is 411 g/mol. The van der Waals surface area contributed by atoms with Gasteiger partial charge in [-0.25, -0.2) is 4.98 Å². The highest BCUT2D eigenvalue weighted by Gasteiger charge is 2.22. The Morgan fingerprint density at radius 3 is 2.65 bits per heavy atom. The molecule has 0 N–H and O–H groups in total. The zero-order valence-corrected chi connectivity index (χ0v) is 14.1. The number of aromatic nitrogens is 1. The summed E-state index contributed by atoms with van der Waals surface area (Å²) < 4.78 is 11.4. The van der Waals surface area contributed by atoms with Crippen molar-refractivity contribution in [3.63, 3.8) is 0 Å². The highest BCUT2D eigenvalue weighted by molar-refractivity contribution is 14.1. The summed E-state index contributed by atoms with van der Waals surface area (Å²) in [5.74, 6) is 2.52. The van der Waals surface area contributed by atoms with Crippen LogP contribution < -0.4 is 7.80 Å². The number of nitrogens with zero attached hydrogens (tertiary/aromatic N) is 1. The number of para-hydroxylation sites is 1. The Morgan fingerprint density at radius 1 is 0.870 bits per heavy atom. The SMILES string of the molecule is IOc1ccc2nc3c4c(cccc4c2c1)Oc1ccccc1-3. The molecule has 0 amide bonds. The molecule has 0 bridgehead atoms. The molecule has 4 heteroatoms. The Kier molecular flexibility index (Phi) is 2.76. The van der Waals surface area contributed by atoms with Gasteiger partial charge < -0.3 is 7.80 Å². The predicted octanol–water partition coefficient (Wildman–Crippen LogP) is 5.89. The lowest BCUT2D eigenvalue weighted by molar-refractivity contribution is 0.486. The number of hydrogen-bond donors (Lipinski definition) is 0. The summed E-state index contributed by atoms with van der Waals surface area (Å²) in [6.45, 7) is 0. The summed E-state index contributed by atoms with van der Waals surface area (Å²) in [5, 5.41) is 3.26. The molecule has 0 aliphatic carbocycles. The largest absolute Gasteiger partial charge is 0.456 e. The van der Waals surface area contributed by atoms with Gasteiger partial charge in [-0.3, -0.25) is 0 Å². The van der Waals surface area contributed by atoms with E-state index in [0.29, 0.717) is 0 Å². The lowest BCUT2D eigenvalue weighted by Crippen LogP contribution is -1.99. The van der Waals surface area contributed by atoms with E-state index in [1.807, 2.05) is 71.5 Å². The second-order valence-electron chi connectivity index (χ2n) is 5.49. The fraction of sp³-hybridized carbons (Fsp3) is 0. The van der Waals surface area contributed by atoms with Crippen molar-refractivity contribution in [3.8, 4) is 28.5 Å². The van der Waals surface area contributed by atoms with Crippen molar-refractivity contribution in [1.29, 1.82) is 0 Å². The first-order valence-electron chi connectivity index (χ1n) is 7.27. The summed E-state index contributed by atoms with van der Waals surface area (Å²) in [6.07, 6.45) is 0. The van der Waals surface area contributed by atoms with Gasteiger partial charge in [0, 0.05) is 10.9 Å². The van der Waals surface area contributed by atoms with Crippen molar-refractivity contribution in [3.05, 3.63) is 60.7 Å². The van der Waals surface area contributed by atoms with E-state index in [9.17, 15) is 0 Å². The molecule has 0 atom stereocenters. The van der Waals surface area contributed by atoms with Gasteiger partial charge in [0.2, 0.25) is 0 Å². The van der Waals surface area contributed by atoms with Crippen LogP contribution in [0, 0.1) is 0 Å². The molecule has 4 aromatic rings. The molecule has 1 aliphatic heterocycles. The molecule has 5 rings (SSSR count). The number of hydrogen-bond acceptors (Lipinski definition) is 3. The predicted molar refractivity (Wildman–Crippen MR) is 99.4 cm³/mol. The van der Waals surface area contributed by atoms with Crippen LogP contribution in [0.3, 0.4) is 0 Å². The van der Waals surface area contributed by atoms with Gasteiger partial charge in [0.15, 0.2) is 23.0 Å². The Morgan fingerprint density at radius 2 is 1.74 bits per heavy atom. The fourth-order valence-corrected chi connectivity index (χ4v) is 3.48. The Balaban J connectivity index is 1.99. The zero-order chi connectivity index (χ0) is 15.4. The molecule has 0 saturated heterocycles. The van der Waals surface area contributed by atoms with Crippen LogP contribution in [0.25, 0.3) is 32.9 Å². The van der Waals surface area contributed by atoms with Gasteiger partial charge in [-0.1, -0.05) is 24.3 Å². The summed E-state index contributed by atoms with van der Waals surface area (Å²) >= 11 is 1.90. The minimum atomic E-state index is 0.817. The van der Waals surface area contributed by atoms with Gasteiger partial charge in [0.05, 0.1) is 16.6 Å². The number of fused-ring (bicyclic) bond motifs is 4. The minimum absolute atomic E-state index is 0.817. The molecular weight excluding hydrogens is 401 g/mol. The summed E-state index contributed by atoms with van der Waals surface area (Å²) in [5.41, 5.74) is 2.97. The molecule has 0 spiro atoms. The van der Waals surface area contributed by atoms with Crippen LogP contribution in [0.1, 0.15) is 0 Å². The number of halogens is 1. The summed E-state index contributed by atoms with van der Waals surface area (Å²) in [4.78, 5) is 4.91. The smallest absolute Gasteiger partial charge is 0.192 e. The molecule has 2 heterocycles. The highest BCUT2D eigenvalue weighted by atomic mass is 127. The van der Waals surface area contributed by atoms with E-state index in [1.165, 1.54) is 0 Å². The van der Waals surface area contributed by atoms with Gasteiger partial charge in [-0.15, -0.1) is 0 Å². The number of pyridine rings is 1. The summed E-state index contributed by atoms with van der Waals surface area (Å²) in [7, 11) is 0. The maximum Gasteiger partial charge on any atom is 0.192 e. The number of benzene rings is 3. The number of rotatable bonds is 1. The second kappa shape index (κ2) is 4.83. The molecule has 0 radical (unpaired) electrons. The molecule has 1 aromatic heterocycles. The van der Waals surface area contributed by atoms with Crippen molar-refractivity contribution < 1.29 is 7.80 Å². The van der Waals surface area contributed by atoms with Crippen LogP contribution in [0.2, 0.25) is 0 Å². The fourth-order valence-electron chi connectivity index (χ4n) is 3.20. The third-order valence-electron chi connectivity index (χ3n) is 4.20. The lowest BCUT2D eigenvalue weighted by Gasteiger charge is -2.21. The maximum atomic E-state index is 6.08. The van der Waals surface area contributed by atoms with E-state index in [4.69, 9.17) is 12.8 Å². The van der Waals surface area contributed by atoms with E-state index in [-0.39, 0.29) is 0 Å². The molecule has 3 aromatic carbocycles. The van der Waals surface area contributed by atoms with Crippen molar-refractivity contribution in [1.82, 2.24) is 4.98 Å². The van der Waals surface area contributed by atoms with Crippen LogP contribution in [-0.4, -0.2) is 4.98 Å². The molecule has 0 saturated carbocycles. The first-order chi connectivity index (χ1) is 11.3. The average molecular weight is 411 g/mol. The first-order valence-corrected chi connectivity index (χ1v) is 8.15. The topological polar surface area (TPSA) is 31.4 Å². The van der Waals surface area contributed by atoms with Gasteiger partial charge in [0.1, 0.15) is 17.2 Å². The van der Waals surface area contributed by atoms with Crippen LogP contribution in [-0.2, 0) is 0 Å². The van der Waals surface area contributed by atoms with Crippen LogP contribution in [0.5, 0.6) is 17.2 Å². The molecule has 0 unspecified atom stereocenters. The van der Waals surface area contributed by atoms with Crippen LogP contribution >= 0.6 is 23.0 Å². The van der Waals surface area contributed by atoms with Crippen LogP contribution in [0.15, 0.2) is 60.7 Å². The van der Waals surface area contributed by atoms with Crippen molar-refractivity contribution in [2.45, 2.75) is 0 Å². The van der Waals surface area contributed by atoms with Gasteiger partial charge in [0.25, 0.3) is 0 Å². The summed E-state index contributed by atoms with van der Waals surface area (Å²) in [6, 6.07) is 20.1. The minimum Gasteiger partial charge on any atom is -0.456 e. The third kappa shape index (κ3) is 1.84. The van der Waals surface area contributed by atoms with E-state index < -0.39 is 0 Å². The van der Waals surface area contributed by atoms with E-state index >= 15 is 0 Å². The van der Waals surface area contributed by atoms with Crippen molar-refractivity contribution in [2.24, 2.45) is 0 Å². The Hall–Kier alpha value is -2.34. The third-order valence-corrected chi connectivity index (χ3v) is 4.71. The highest BCUT2D eigenvalue weighted by Crippen LogP contribution is 2.47. The standard InChI is InChI=1S/C19H10INO2/c20-23-11-8-9-15-14(10-11)12-5-3-7-17-18(12)19(21-15)13-4-1-2-6-16(13)22-17/h1-10H. The lowest BCUT2D eigenvalue weighted by atomic mass is 9.97. The van der Waals surface area contributed by atoms with Crippen molar-refractivity contribution >= 4 is 44.7 Å². The van der Waals surface area contributed by atoms with E-state index in [0.717, 1.165) is 50.2 Å². The van der Waals surface area contributed by atoms with Crippen molar-refractivity contribution in [2.75, 3.05) is 0 Å². The normalized spacial score (nSPS) is 12.0. The molecule has 1 aliphatic rings. The molecular formula is C19H10INO2.